The minimum atomic E-state index is -4.29. The zero-order valence-electron chi connectivity index (χ0n) is 6.22. The average Bonchev–Trinajstić information content (AvgIpc) is 2.30. The van der Waals surface area contributed by atoms with Crippen molar-refractivity contribution in [3.05, 3.63) is 21.9 Å². The largest absolute Gasteiger partial charge is 0.425 e. The van der Waals surface area contributed by atoms with Gasteiger partial charge in [0, 0.05) is 0 Å². The van der Waals surface area contributed by atoms with Gasteiger partial charge in [0.05, 0.1) is 6.10 Å². The van der Waals surface area contributed by atoms with E-state index in [4.69, 9.17) is 5.11 Å². The summed E-state index contributed by atoms with van der Waals surface area (Å²) in [6.45, 7) is 1.43. The molecule has 1 nitrogen and oxygen atoms in total. The highest BCUT2D eigenvalue weighted by atomic mass is 32.1. The molecule has 0 aliphatic rings. The lowest BCUT2D eigenvalue weighted by molar-refractivity contribution is -0.134. The van der Waals surface area contributed by atoms with E-state index in [0.717, 1.165) is 6.07 Å². The summed E-state index contributed by atoms with van der Waals surface area (Å²) in [6.07, 6.45) is -5.13. The second kappa shape index (κ2) is 3.06. The van der Waals surface area contributed by atoms with E-state index in [9.17, 15) is 13.2 Å². The highest BCUT2D eigenvalue weighted by molar-refractivity contribution is 7.10. The predicted octanol–water partition coefficient (Wildman–Crippen LogP) is 2.82. The van der Waals surface area contributed by atoms with Crippen LogP contribution in [0, 0.1) is 0 Å². The Morgan fingerprint density at radius 1 is 1.50 bits per heavy atom. The van der Waals surface area contributed by atoms with E-state index in [2.05, 4.69) is 0 Å². The minimum Gasteiger partial charge on any atom is -0.389 e. The van der Waals surface area contributed by atoms with Gasteiger partial charge in [0.1, 0.15) is 4.88 Å². The first-order chi connectivity index (χ1) is 5.41. The molecule has 68 valence electrons. The van der Waals surface area contributed by atoms with Crippen LogP contribution in [0.2, 0.25) is 0 Å². The zero-order chi connectivity index (χ0) is 9.35. The highest BCUT2D eigenvalue weighted by Crippen LogP contribution is 2.35. The van der Waals surface area contributed by atoms with Gasteiger partial charge >= 0.3 is 6.18 Å². The van der Waals surface area contributed by atoms with Gasteiger partial charge in [-0.1, -0.05) is 0 Å². The third-order valence-electron chi connectivity index (χ3n) is 1.38. The van der Waals surface area contributed by atoms with E-state index in [1.54, 1.807) is 0 Å². The summed E-state index contributed by atoms with van der Waals surface area (Å²) in [5.74, 6) is 0. The molecule has 0 saturated heterocycles. The van der Waals surface area contributed by atoms with Gasteiger partial charge in [-0.2, -0.15) is 13.2 Å². The summed E-state index contributed by atoms with van der Waals surface area (Å²) in [5, 5.41) is 10.3. The maximum Gasteiger partial charge on any atom is 0.425 e. The van der Waals surface area contributed by atoms with Crippen molar-refractivity contribution >= 4 is 11.3 Å². The Labute approximate surface area is 71.5 Å². The van der Waals surface area contributed by atoms with Crippen molar-refractivity contribution in [3.63, 3.8) is 0 Å². The van der Waals surface area contributed by atoms with Crippen LogP contribution < -0.4 is 0 Å². The van der Waals surface area contributed by atoms with E-state index in [-0.39, 0.29) is 0 Å². The van der Waals surface area contributed by atoms with Crippen LogP contribution in [0.4, 0.5) is 13.2 Å². The number of halogens is 3. The first kappa shape index (κ1) is 9.54. The van der Waals surface area contributed by atoms with Crippen LogP contribution in [-0.2, 0) is 6.18 Å². The SMILES string of the molecule is CC(O)c1csc(C(F)(F)F)c1. The maximum absolute atomic E-state index is 12.0. The second-order valence-corrected chi connectivity index (χ2v) is 3.33. The van der Waals surface area contributed by atoms with Gasteiger partial charge in [-0.15, -0.1) is 11.3 Å². The summed E-state index contributed by atoms with van der Waals surface area (Å²) in [5.41, 5.74) is 0.312. The molecule has 0 spiro atoms. The normalized spacial score (nSPS) is 14.8. The molecule has 0 aliphatic carbocycles. The van der Waals surface area contributed by atoms with Crippen molar-refractivity contribution in [1.82, 2.24) is 0 Å². The molecule has 1 unspecified atom stereocenters. The monoisotopic (exact) mass is 196 g/mol. The van der Waals surface area contributed by atoms with Crippen LogP contribution in [0.15, 0.2) is 11.4 Å². The number of hydrogen-bond acceptors (Lipinski definition) is 2. The summed E-state index contributed by atoms with van der Waals surface area (Å²) < 4.78 is 36.0. The Morgan fingerprint density at radius 2 is 2.08 bits per heavy atom. The summed E-state index contributed by atoms with van der Waals surface area (Å²) in [7, 11) is 0. The van der Waals surface area contributed by atoms with Gasteiger partial charge in [0.15, 0.2) is 0 Å². The third kappa shape index (κ3) is 1.98. The minimum absolute atomic E-state index is 0.312. The Morgan fingerprint density at radius 3 is 2.33 bits per heavy atom. The molecule has 1 atom stereocenters. The summed E-state index contributed by atoms with van der Waals surface area (Å²) in [6, 6.07) is 0.968. The molecule has 5 heteroatoms. The molecular formula is C7H7F3OS. The summed E-state index contributed by atoms with van der Waals surface area (Å²) >= 11 is 0.600. The molecule has 1 rings (SSSR count). The van der Waals surface area contributed by atoms with Gasteiger partial charge in [0.25, 0.3) is 0 Å². The van der Waals surface area contributed by atoms with Crippen molar-refractivity contribution in [1.29, 1.82) is 0 Å². The smallest absolute Gasteiger partial charge is 0.389 e. The molecule has 0 aliphatic heterocycles. The first-order valence-corrected chi connectivity index (χ1v) is 4.13. The van der Waals surface area contributed by atoms with Gasteiger partial charge in [0.2, 0.25) is 0 Å². The summed E-state index contributed by atoms with van der Waals surface area (Å²) in [4.78, 5) is -0.668. The van der Waals surface area contributed by atoms with Crippen LogP contribution in [-0.4, -0.2) is 5.11 Å². The molecule has 0 radical (unpaired) electrons. The van der Waals surface area contributed by atoms with Crippen LogP contribution >= 0.6 is 11.3 Å². The molecule has 1 aromatic heterocycles. The second-order valence-electron chi connectivity index (χ2n) is 2.42. The van der Waals surface area contributed by atoms with Gasteiger partial charge in [-0.25, -0.2) is 0 Å². The molecule has 0 amide bonds. The molecule has 0 fully saturated rings. The number of alkyl halides is 3. The number of aliphatic hydroxyl groups is 1. The van der Waals surface area contributed by atoms with Gasteiger partial charge < -0.3 is 5.11 Å². The Balaban J connectivity index is 2.92. The highest BCUT2D eigenvalue weighted by Gasteiger charge is 2.32. The standard InChI is InChI=1S/C7H7F3OS/c1-4(11)5-2-6(12-3-5)7(8,9)10/h2-4,11H,1H3. The molecule has 0 bridgehead atoms. The first-order valence-electron chi connectivity index (χ1n) is 3.25. The maximum atomic E-state index is 12.0. The third-order valence-corrected chi connectivity index (χ3v) is 2.37. The van der Waals surface area contributed by atoms with Crippen LogP contribution in [0.25, 0.3) is 0 Å². The number of hydrogen-bond donors (Lipinski definition) is 1. The Kier molecular flexibility index (Phi) is 2.44. The topological polar surface area (TPSA) is 20.2 Å². The fourth-order valence-electron chi connectivity index (χ4n) is 0.719. The van der Waals surface area contributed by atoms with Crippen molar-refractivity contribution in [2.45, 2.75) is 19.2 Å². The lowest BCUT2D eigenvalue weighted by Crippen LogP contribution is -2.01. The van der Waals surface area contributed by atoms with Crippen LogP contribution in [0.5, 0.6) is 0 Å². The molecule has 0 saturated carbocycles. The Bertz CT molecular complexity index is 264. The van der Waals surface area contributed by atoms with Crippen molar-refractivity contribution < 1.29 is 18.3 Å². The number of thiophene rings is 1. The fraction of sp³-hybridized carbons (Fsp3) is 0.429. The Hall–Kier alpha value is -0.550. The quantitative estimate of drug-likeness (QED) is 0.732. The van der Waals surface area contributed by atoms with Gasteiger partial charge in [-0.3, -0.25) is 0 Å². The molecule has 12 heavy (non-hydrogen) atoms. The van der Waals surface area contributed by atoms with Crippen LogP contribution in [0.1, 0.15) is 23.5 Å². The molecule has 1 heterocycles. The van der Waals surface area contributed by atoms with Crippen LogP contribution in [0.3, 0.4) is 0 Å². The average molecular weight is 196 g/mol. The molecule has 0 aromatic carbocycles. The number of rotatable bonds is 1. The zero-order valence-corrected chi connectivity index (χ0v) is 7.04. The lowest BCUT2D eigenvalue weighted by Gasteiger charge is -2.01. The number of aliphatic hydroxyl groups excluding tert-OH is 1. The van der Waals surface area contributed by atoms with E-state index >= 15 is 0 Å². The van der Waals surface area contributed by atoms with Crippen molar-refractivity contribution in [2.24, 2.45) is 0 Å². The fourth-order valence-corrected chi connectivity index (χ4v) is 1.58. The van der Waals surface area contributed by atoms with E-state index in [1.165, 1.54) is 12.3 Å². The lowest BCUT2D eigenvalue weighted by atomic mass is 10.2. The van der Waals surface area contributed by atoms with Crippen molar-refractivity contribution in [2.75, 3.05) is 0 Å². The van der Waals surface area contributed by atoms with E-state index < -0.39 is 17.2 Å². The predicted molar refractivity (Wildman–Crippen MR) is 40.0 cm³/mol. The molecule has 1 N–H and O–H groups in total. The molecular weight excluding hydrogens is 189 g/mol. The van der Waals surface area contributed by atoms with Gasteiger partial charge in [-0.05, 0) is 23.9 Å². The van der Waals surface area contributed by atoms with Crippen molar-refractivity contribution in [3.8, 4) is 0 Å². The van der Waals surface area contributed by atoms with E-state index in [0.29, 0.717) is 16.9 Å². The van der Waals surface area contributed by atoms with E-state index in [1.807, 2.05) is 0 Å². The molecule has 1 aromatic rings.